The number of fused-ring (bicyclic) bond motifs is 1. The van der Waals surface area contributed by atoms with Crippen LogP contribution in [0.1, 0.15) is 69.6 Å². The maximum absolute atomic E-state index is 6.90. The minimum Gasteiger partial charge on any atom is -0.489 e. The van der Waals surface area contributed by atoms with Crippen LogP contribution in [0.5, 0.6) is 17.2 Å². The third kappa shape index (κ3) is 7.09. The molecule has 4 aromatic rings. The summed E-state index contributed by atoms with van der Waals surface area (Å²) in [5.41, 5.74) is 6.29. The Bertz CT molecular complexity index is 1640. The summed E-state index contributed by atoms with van der Waals surface area (Å²) in [7, 11) is 2.03. The number of hydrogen-bond donors (Lipinski definition) is 2. The number of aromatic nitrogens is 2. The molecule has 4 atom stereocenters. The average molecular weight is 608 g/mol. The van der Waals surface area contributed by atoms with Gasteiger partial charge < -0.3 is 25.0 Å². The first-order chi connectivity index (χ1) is 21.7. The van der Waals surface area contributed by atoms with E-state index >= 15 is 0 Å². The molecule has 0 aliphatic carbocycles. The van der Waals surface area contributed by atoms with E-state index in [1.807, 2.05) is 37.5 Å². The first-order valence-electron chi connectivity index (χ1n) is 16.4. The van der Waals surface area contributed by atoms with Crippen molar-refractivity contribution in [2.24, 2.45) is 11.8 Å². The summed E-state index contributed by atoms with van der Waals surface area (Å²) in [6, 6.07) is 16.6. The van der Waals surface area contributed by atoms with Crippen LogP contribution in [-0.2, 0) is 0 Å². The van der Waals surface area contributed by atoms with Gasteiger partial charge in [-0.1, -0.05) is 46.8 Å². The van der Waals surface area contributed by atoms with Crippen molar-refractivity contribution in [3.05, 3.63) is 84.3 Å². The minimum absolute atomic E-state index is 0.143. The molecule has 1 fully saturated rings. The molecule has 3 aromatic carbocycles. The molecule has 1 aliphatic rings. The van der Waals surface area contributed by atoms with Crippen molar-refractivity contribution < 1.29 is 9.47 Å². The van der Waals surface area contributed by atoms with Crippen molar-refractivity contribution in [3.8, 4) is 17.2 Å². The molecular weight excluding hydrogens is 558 g/mol. The van der Waals surface area contributed by atoms with Gasteiger partial charge in [0.25, 0.3) is 0 Å². The lowest BCUT2D eigenvalue weighted by atomic mass is 9.83. The fraction of sp³-hybridized carbons (Fsp3) is 0.421. The highest BCUT2D eigenvalue weighted by atomic mass is 16.5. The predicted octanol–water partition coefficient (Wildman–Crippen LogP) is 9.28. The van der Waals surface area contributed by atoms with E-state index in [9.17, 15) is 0 Å². The number of nitrogens with zero attached hydrogens (tertiary/aromatic N) is 3. The monoisotopic (exact) mass is 607 g/mol. The maximum atomic E-state index is 6.90. The first kappa shape index (κ1) is 32.3. The molecule has 0 radical (unpaired) electrons. The van der Waals surface area contributed by atoms with E-state index in [2.05, 4.69) is 92.9 Å². The number of benzene rings is 3. The quantitative estimate of drug-likeness (QED) is 0.166. The molecule has 7 heteroatoms. The third-order valence-corrected chi connectivity index (χ3v) is 9.52. The zero-order valence-electron chi connectivity index (χ0n) is 28.0. The number of rotatable bonds is 12. The number of aryl methyl sites for hydroxylation is 2. The Morgan fingerprint density at radius 2 is 1.87 bits per heavy atom. The Balaban J connectivity index is 1.42. The second-order valence-corrected chi connectivity index (χ2v) is 12.6. The Morgan fingerprint density at radius 3 is 2.60 bits per heavy atom. The zero-order valence-corrected chi connectivity index (χ0v) is 28.0. The van der Waals surface area contributed by atoms with Gasteiger partial charge in [-0.15, -0.1) is 0 Å². The van der Waals surface area contributed by atoms with E-state index in [0.29, 0.717) is 17.8 Å². The Labute approximate surface area is 269 Å². The predicted molar refractivity (Wildman–Crippen MR) is 187 cm³/mol. The van der Waals surface area contributed by atoms with Crippen LogP contribution >= 0.6 is 0 Å². The third-order valence-electron chi connectivity index (χ3n) is 9.52. The SMILES string of the molecule is C=CN(C)c1ccc(Oc2ccc(Nc3ncnc4ccc(C)c(OC5CCNCC5C(C)CC)c34)cc2C)cc1C(C)CC. The lowest BCUT2D eigenvalue weighted by molar-refractivity contribution is 0.0709. The van der Waals surface area contributed by atoms with E-state index in [1.54, 1.807) is 6.33 Å². The lowest BCUT2D eigenvalue weighted by Gasteiger charge is -2.36. The molecule has 0 bridgehead atoms. The second-order valence-electron chi connectivity index (χ2n) is 12.6. The average Bonchev–Trinajstić information content (AvgIpc) is 3.06. The first-order valence-corrected chi connectivity index (χ1v) is 16.4. The summed E-state index contributed by atoms with van der Waals surface area (Å²) in [5, 5.41) is 8.06. The van der Waals surface area contributed by atoms with Gasteiger partial charge in [0.15, 0.2) is 0 Å². The van der Waals surface area contributed by atoms with Crippen LogP contribution in [0.15, 0.2) is 67.6 Å². The van der Waals surface area contributed by atoms with Crippen molar-refractivity contribution in [2.45, 2.75) is 72.8 Å². The largest absolute Gasteiger partial charge is 0.489 e. The highest BCUT2D eigenvalue weighted by Gasteiger charge is 2.31. The molecule has 1 aliphatic heterocycles. The molecule has 0 amide bonds. The highest BCUT2D eigenvalue weighted by Crippen LogP contribution is 2.39. The lowest BCUT2D eigenvalue weighted by Crippen LogP contribution is -2.45. The van der Waals surface area contributed by atoms with Gasteiger partial charge >= 0.3 is 0 Å². The van der Waals surface area contributed by atoms with Crippen molar-refractivity contribution in [1.82, 2.24) is 15.3 Å². The summed E-state index contributed by atoms with van der Waals surface area (Å²) < 4.78 is 13.3. The number of hydrogen-bond acceptors (Lipinski definition) is 7. The van der Waals surface area contributed by atoms with E-state index < -0.39 is 0 Å². The van der Waals surface area contributed by atoms with Gasteiger partial charge in [-0.2, -0.15) is 0 Å². The molecule has 4 unspecified atom stereocenters. The maximum Gasteiger partial charge on any atom is 0.145 e. The molecule has 7 nitrogen and oxygen atoms in total. The van der Waals surface area contributed by atoms with E-state index in [1.165, 1.54) is 5.56 Å². The molecule has 2 heterocycles. The Kier molecular flexibility index (Phi) is 10.3. The van der Waals surface area contributed by atoms with Gasteiger partial charge in [0.2, 0.25) is 0 Å². The van der Waals surface area contributed by atoms with Crippen LogP contribution in [0.25, 0.3) is 10.9 Å². The van der Waals surface area contributed by atoms with Crippen LogP contribution in [0.3, 0.4) is 0 Å². The smallest absolute Gasteiger partial charge is 0.145 e. The second kappa shape index (κ2) is 14.3. The molecule has 45 heavy (non-hydrogen) atoms. The summed E-state index contributed by atoms with van der Waals surface area (Å²) >= 11 is 0. The van der Waals surface area contributed by atoms with Gasteiger partial charge in [-0.3, -0.25) is 0 Å². The van der Waals surface area contributed by atoms with E-state index in [-0.39, 0.29) is 6.10 Å². The topological polar surface area (TPSA) is 71.5 Å². The van der Waals surface area contributed by atoms with Gasteiger partial charge in [0.1, 0.15) is 35.5 Å². The van der Waals surface area contributed by atoms with Crippen molar-refractivity contribution in [3.63, 3.8) is 0 Å². The van der Waals surface area contributed by atoms with Gasteiger partial charge in [0.05, 0.1) is 10.9 Å². The van der Waals surface area contributed by atoms with E-state index in [4.69, 9.17) is 14.5 Å². The molecule has 1 saturated heterocycles. The fourth-order valence-electron chi connectivity index (χ4n) is 6.24. The number of ether oxygens (including phenoxy) is 2. The molecule has 2 N–H and O–H groups in total. The number of nitrogens with one attached hydrogen (secondary N) is 2. The van der Waals surface area contributed by atoms with Gasteiger partial charge in [-0.25, -0.2) is 9.97 Å². The van der Waals surface area contributed by atoms with E-state index in [0.717, 1.165) is 88.8 Å². The molecule has 0 saturated carbocycles. The van der Waals surface area contributed by atoms with Gasteiger partial charge in [0, 0.05) is 30.9 Å². The van der Waals surface area contributed by atoms with Crippen LogP contribution in [0.2, 0.25) is 0 Å². The number of piperidine rings is 1. The van der Waals surface area contributed by atoms with Crippen LogP contribution in [0, 0.1) is 25.7 Å². The normalized spacial score (nSPS) is 17.8. The molecule has 0 spiro atoms. The Morgan fingerprint density at radius 1 is 1.04 bits per heavy atom. The summed E-state index contributed by atoms with van der Waals surface area (Å²) in [6.07, 6.45) is 6.75. The zero-order chi connectivity index (χ0) is 32.1. The van der Waals surface area contributed by atoms with Crippen molar-refractivity contribution >= 4 is 28.1 Å². The standard InChI is InChI=1S/C38H49N5O2/c1-9-24(4)30-21-29(14-16-33(30)43(8)11-3)44-34-17-13-28(20-27(34)7)42-38-36-32(40-23-41-38)15-12-26(6)37(36)45-35-18-19-39-22-31(35)25(5)10-2/h11-17,20-21,23-25,31,35,39H,3,9-10,18-19,22H2,1-2,4-8H3,(H,40,41,42). The highest BCUT2D eigenvalue weighted by molar-refractivity contribution is 5.96. The van der Waals surface area contributed by atoms with Crippen LogP contribution in [0.4, 0.5) is 17.2 Å². The summed E-state index contributed by atoms with van der Waals surface area (Å²) in [5.74, 6) is 4.67. The summed E-state index contributed by atoms with van der Waals surface area (Å²) in [4.78, 5) is 11.4. The fourth-order valence-corrected chi connectivity index (χ4v) is 6.24. The summed E-state index contributed by atoms with van der Waals surface area (Å²) in [6.45, 7) is 19.1. The molecule has 238 valence electrons. The minimum atomic E-state index is 0.143. The molecule has 5 rings (SSSR count). The molecule has 1 aromatic heterocycles. The van der Waals surface area contributed by atoms with Crippen molar-refractivity contribution in [1.29, 1.82) is 0 Å². The van der Waals surface area contributed by atoms with Gasteiger partial charge in [-0.05, 0) is 110 Å². The van der Waals surface area contributed by atoms with Crippen LogP contribution in [-0.4, -0.2) is 36.2 Å². The number of anilines is 3. The van der Waals surface area contributed by atoms with Crippen LogP contribution < -0.4 is 25.0 Å². The molecular formula is C38H49N5O2. The van der Waals surface area contributed by atoms with Crippen molar-refractivity contribution in [2.75, 3.05) is 30.4 Å². The Hall–Kier alpha value is -4.10.